The maximum atomic E-state index is 13.7. The van der Waals surface area contributed by atoms with Gasteiger partial charge < -0.3 is 15.0 Å². The van der Waals surface area contributed by atoms with Crippen LogP contribution in [0.25, 0.3) is 10.9 Å². The quantitative estimate of drug-likeness (QED) is 0.722. The third-order valence-corrected chi connectivity index (χ3v) is 4.40. The lowest BCUT2D eigenvalue weighted by Crippen LogP contribution is -2.23. The number of hydrogen-bond donors (Lipinski definition) is 2. The molecule has 0 aliphatic rings. The van der Waals surface area contributed by atoms with E-state index in [0.717, 1.165) is 10.9 Å². The van der Waals surface area contributed by atoms with E-state index in [2.05, 4.69) is 43.2 Å². The highest BCUT2D eigenvalue weighted by molar-refractivity contribution is 5.98. The molecule has 3 rings (SSSR count). The standard InChI is InChI=1S/C21H23FN2O2/c1-21(2,3)15-6-7-17-14(10-15)11-18(24-17)20(25)23-12-13-5-8-19(26-4)16(22)9-13/h5-11,24H,12H2,1-4H3,(H,23,25). The molecule has 0 unspecified atom stereocenters. The minimum absolute atomic E-state index is 0.0479. The Bertz CT molecular complexity index is 954. The van der Waals surface area contributed by atoms with E-state index in [-0.39, 0.29) is 23.6 Å². The average molecular weight is 354 g/mol. The zero-order valence-electron chi connectivity index (χ0n) is 15.4. The molecule has 0 aliphatic heterocycles. The van der Waals surface area contributed by atoms with Crippen molar-refractivity contribution in [2.75, 3.05) is 7.11 Å². The number of rotatable bonds is 4. The summed E-state index contributed by atoms with van der Waals surface area (Å²) in [6, 6.07) is 12.6. The molecule has 1 aromatic heterocycles. The Labute approximate surface area is 152 Å². The molecule has 2 N–H and O–H groups in total. The van der Waals surface area contributed by atoms with E-state index in [1.165, 1.54) is 18.7 Å². The van der Waals surface area contributed by atoms with Crippen LogP contribution in [0.15, 0.2) is 42.5 Å². The third kappa shape index (κ3) is 3.72. The summed E-state index contributed by atoms with van der Waals surface area (Å²) in [5.41, 5.74) is 3.33. The molecule has 0 bridgehead atoms. The summed E-state index contributed by atoms with van der Waals surface area (Å²) in [6.45, 7) is 6.70. The number of aromatic amines is 1. The van der Waals surface area contributed by atoms with Gasteiger partial charge in [-0.25, -0.2) is 4.39 Å². The molecule has 0 spiro atoms. The van der Waals surface area contributed by atoms with Crippen LogP contribution in [0.2, 0.25) is 0 Å². The van der Waals surface area contributed by atoms with Crippen LogP contribution in [0.1, 0.15) is 42.4 Å². The van der Waals surface area contributed by atoms with Gasteiger partial charge in [0.25, 0.3) is 5.91 Å². The van der Waals surface area contributed by atoms with Gasteiger partial charge in [-0.15, -0.1) is 0 Å². The molecule has 0 saturated carbocycles. The van der Waals surface area contributed by atoms with Crippen molar-refractivity contribution in [1.82, 2.24) is 10.3 Å². The lowest BCUT2D eigenvalue weighted by molar-refractivity contribution is 0.0946. The van der Waals surface area contributed by atoms with Crippen molar-refractivity contribution in [3.63, 3.8) is 0 Å². The van der Waals surface area contributed by atoms with E-state index < -0.39 is 5.82 Å². The van der Waals surface area contributed by atoms with Gasteiger partial charge in [0.15, 0.2) is 11.6 Å². The van der Waals surface area contributed by atoms with Crippen LogP contribution < -0.4 is 10.1 Å². The van der Waals surface area contributed by atoms with E-state index in [1.54, 1.807) is 12.1 Å². The Hall–Kier alpha value is -2.82. The lowest BCUT2D eigenvalue weighted by Gasteiger charge is -2.18. The van der Waals surface area contributed by atoms with Gasteiger partial charge in [0.1, 0.15) is 5.69 Å². The monoisotopic (exact) mass is 354 g/mol. The molecule has 0 aliphatic carbocycles. The van der Waals surface area contributed by atoms with Gasteiger partial charge in [0.2, 0.25) is 0 Å². The van der Waals surface area contributed by atoms with Gasteiger partial charge >= 0.3 is 0 Å². The molecular formula is C21H23FN2O2. The Balaban J connectivity index is 1.74. The minimum atomic E-state index is -0.445. The Kier molecular flexibility index (Phi) is 4.72. The number of amides is 1. The van der Waals surface area contributed by atoms with Gasteiger partial charge in [0.05, 0.1) is 7.11 Å². The first-order valence-corrected chi connectivity index (χ1v) is 8.52. The van der Waals surface area contributed by atoms with Crippen LogP contribution in [0.5, 0.6) is 5.75 Å². The second kappa shape index (κ2) is 6.83. The predicted octanol–water partition coefficient (Wildman–Crippen LogP) is 4.54. The van der Waals surface area contributed by atoms with Crippen molar-refractivity contribution in [1.29, 1.82) is 0 Å². The van der Waals surface area contributed by atoms with E-state index >= 15 is 0 Å². The van der Waals surface area contributed by atoms with Crippen molar-refractivity contribution in [2.45, 2.75) is 32.7 Å². The Morgan fingerprint density at radius 2 is 1.92 bits per heavy atom. The molecule has 0 fully saturated rings. The van der Waals surface area contributed by atoms with E-state index in [0.29, 0.717) is 11.3 Å². The van der Waals surface area contributed by atoms with Crippen molar-refractivity contribution in [2.24, 2.45) is 0 Å². The average Bonchev–Trinajstić information content (AvgIpc) is 3.02. The van der Waals surface area contributed by atoms with Crippen LogP contribution in [0, 0.1) is 5.82 Å². The highest BCUT2D eigenvalue weighted by atomic mass is 19.1. The van der Waals surface area contributed by atoms with Gasteiger partial charge in [0, 0.05) is 17.4 Å². The fourth-order valence-corrected chi connectivity index (χ4v) is 2.82. The summed E-state index contributed by atoms with van der Waals surface area (Å²) >= 11 is 0. The number of hydrogen-bond acceptors (Lipinski definition) is 2. The summed E-state index contributed by atoms with van der Waals surface area (Å²) in [7, 11) is 1.42. The van der Waals surface area contributed by atoms with Crippen molar-refractivity contribution in [3.8, 4) is 5.75 Å². The topological polar surface area (TPSA) is 54.1 Å². The number of H-pyrrole nitrogens is 1. The molecule has 2 aromatic carbocycles. The second-order valence-electron chi connectivity index (χ2n) is 7.39. The number of methoxy groups -OCH3 is 1. The highest BCUT2D eigenvalue weighted by Crippen LogP contribution is 2.26. The second-order valence-corrected chi connectivity index (χ2v) is 7.39. The molecule has 3 aromatic rings. The number of halogens is 1. The smallest absolute Gasteiger partial charge is 0.267 e. The van der Waals surface area contributed by atoms with Gasteiger partial charge in [-0.05, 0) is 46.9 Å². The first-order valence-electron chi connectivity index (χ1n) is 8.52. The molecule has 0 radical (unpaired) electrons. The molecule has 1 amide bonds. The zero-order valence-corrected chi connectivity index (χ0v) is 15.4. The summed E-state index contributed by atoms with van der Waals surface area (Å²) in [6.07, 6.45) is 0. The summed E-state index contributed by atoms with van der Waals surface area (Å²) < 4.78 is 18.6. The van der Waals surface area contributed by atoms with Crippen LogP contribution in [-0.4, -0.2) is 18.0 Å². The molecule has 0 saturated heterocycles. The summed E-state index contributed by atoms with van der Waals surface area (Å²) in [5, 5.41) is 3.81. The van der Waals surface area contributed by atoms with Crippen molar-refractivity contribution in [3.05, 3.63) is 65.1 Å². The first-order chi connectivity index (χ1) is 12.3. The van der Waals surface area contributed by atoms with Crippen molar-refractivity contribution < 1.29 is 13.9 Å². The molecule has 1 heterocycles. The summed E-state index contributed by atoms with van der Waals surface area (Å²) in [4.78, 5) is 15.6. The van der Waals surface area contributed by atoms with Crippen LogP contribution in [0.4, 0.5) is 4.39 Å². The maximum absolute atomic E-state index is 13.7. The number of carbonyl (C=O) groups is 1. The number of fused-ring (bicyclic) bond motifs is 1. The Morgan fingerprint density at radius 3 is 2.58 bits per heavy atom. The van der Waals surface area contributed by atoms with Gasteiger partial charge in [-0.3, -0.25) is 4.79 Å². The molecule has 4 nitrogen and oxygen atoms in total. The molecular weight excluding hydrogens is 331 g/mol. The van der Waals surface area contributed by atoms with Crippen LogP contribution in [-0.2, 0) is 12.0 Å². The molecule has 5 heteroatoms. The van der Waals surface area contributed by atoms with E-state index in [9.17, 15) is 9.18 Å². The number of nitrogens with one attached hydrogen (secondary N) is 2. The summed E-state index contributed by atoms with van der Waals surface area (Å²) in [5.74, 6) is -0.486. The fourth-order valence-electron chi connectivity index (χ4n) is 2.82. The number of benzene rings is 2. The first kappa shape index (κ1) is 18.0. The molecule has 136 valence electrons. The Morgan fingerprint density at radius 1 is 1.15 bits per heavy atom. The number of carbonyl (C=O) groups excluding carboxylic acids is 1. The third-order valence-electron chi connectivity index (χ3n) is 4.40. The number of aromatic nitrogens is 1. The highest BCUT2D eigenvalue weighted by Gasteiger charge is 2.16. The fraction of sp³-hybridized carbons (Fsp3) is 0.286. The SMILES string of the molecule is COc1ccc(CNC(=O)c2cc3cc(C(C)(C)C)ccc3[nH]2)cc1F. The maximum Gasteiger partial charge on any atom is 0.267 e. The van der Waals surface area contributed by atoms with Gasteiger partial charge in [-0.2, -0.15) is 0 Å². The van der Waals surface area contributed by atoms with Crippen LogP contribution >= 0.6 is 0 Å². The minimum Gasteiger partial charge on any atom is -0.494 e. The van der Waals surface area contributed by atoms with Crippen molar-refractivity contribution >= 4 is 16.8 Å². The predicted molar refractivity (Wildman–Crippen MR) is 101 cm³/mol. The largest absolute Gasteiger partial charge is 0.494 e. The lowest BCUT2D eigenvalue weighted by atomic mass is 9.86. The number of ether oxygens (including phenoxy) is 1. The van der Waals surface area contributed by atoms with Crippen LogP contribution in [0.3, 0.4) is 0 Å². The molecule has 26 heavy (non-hydrogen) atoms. The van der Waals surface area contributed by atoms with E-state index in [1.807, 2.05) is 12.1 Å². The normalized spacial score (nSPS) is 11.6. The van der Waals surface area contributed by atoms with E-state index in [4.69, 9.17) is 4.74 Å². The van der Waals surface area contributed by atoms with Gasteiger partial charge in [-0.1, -0.05) is 32.9 Å². The molecule has 0 atom stereocenters. The zero-order chi connectivity index (χ0) is 18.9.